The SMILES string of the molecule is CC(C)CCNS(=O)(=O)c1ccc2c(c1)NC(=O)C(C)S2. The van der Waals surface area contributed by atoms with Crippen molar-refractivity contribution in [1.29, 1.82) is 0 Å². The van der Waals surface area contributed by atoms with E-state index in [1.807, 2.05) is 20.8 Å². The molecule has 0 aliphatic carbocycles. The Morgan fingerprint density at radius 3 is 2.76 bits per heavy atom. The molecular formula is C14H20N2O3S2. The highest BCUT2D eigenvalue weighted by Gasteiger charge is 2.24. The molecule has 0 fully saturated rings. The molecule has 2 rings (SSSR count). The van der Waals surface area contributed by atoms with E-state index in [-0.39, 0.29) is 16.1 Å². The number of rotatable bonds is 5. The zero-order valence-electron chi connectivity index (χ0n) is 12.3. The number of benzene rings is 1. The van der Waals surface area contributed by atoms with Gasteiger partial charge >= 0.3 is 0 Å². The first-order valence-corrected chi connectivity index (χ1v) is 9.27. The molecule has 1 unspecified atom stereocenters. The number of anilines is 1. The smallest absolute Gasteiger partial charge is 0.240 e. The van der Waals surface area contributed by atoms with E-state index < -0.39 is 10.0 Å². The summed E-state index contributed by atoms with van der Waals surface area (Å²) in [5.74, 6) is 0.336. The van der Waals surface area contributed by atoms with Gasteiger partial charge in [0, 0.05) is 11.4 Å². The molecule has 2 N–H and O–H groups in total. The third-order valence-electron chi connectivity index (χ3n) is 3.21. The number of sulfonamides is 1. The molecule has 21 heavy (non-hydrogen) atoms. The number of fused-ring (bicyclic) bond motifs is 1. The van der Waals surface area contributed by atoms with Gasteiger partial charge in [-0.2, -0.15) is 0 Å². The number of thioether (sulfide) groups is 1. The lowest BCUT2D eigenvalue weighted by molar-refractivity contribution is -0.115. The van der Waals surface area contributed by atoms with Crippen LogP contribution in [0.3, 0.4) is 0 Å². The molecule has 1 aromatic rings. The number of amides is 1. The van der Waals surface area contributed by atoms with Crippen LogP contribution in [0.1, 0.15) is 27.2 Å². The Balaban J connectivity index is 2.18. The van der Waals surface area contributed by atoms with Gasteiger partial charge in [0.1, 0.15) is 0 Å². The minimum absolute atomic E-state index is 0.102. The fourth-order valence-corrected chi connectivity index (χ4v) is 3.92. The molecule has 0 spiro atoms. The van der Waals surface area contributed by atoms with Crippen molar-refractivity contribution >= 4 is 33.4 Å². The summed E-state index contributed by atoms with van der Waals surface area (Å²) >= 11 is 1.43. The van der Waals surface area contributed by atoms with Crippen LogP contribution >= 0.6 is 11.8 Å². The fraction of sp³-hybridized carbons (Fsp3) is 0.500. The molecular weight excluding hydrogens is 308 g/mol. The van der Waals surface area contributed by atoms with Crippen molar-refractivity contribution in [2.24, 2.45) is 5.92 Å². The van der Waals surface area contributed by atoms with E-state index in [0.717, 1.165) is 11.3 Å². The average molecular weight is 328 g/mol. The van der Waals surface area contributed by atoms with Crippen molar-refractivity contribution in [3.8, 4) is 0 Å². The van der Waals surface area contributed by atoms with Gasteiger partial charge in [0.2, 0.25) is 15.9 Å². The van der Waals surface area contributed by atoms with Crippen molar-refractivity contribution in [3.63, 3.8) is 0 Å². The lowest BCUT2D eigenvalue weighted by Crippen LogP contribution is -2.28. The predicted octanol–water partition coefficient (Wildman–Crippen LogP) is 2.44. The second-order valence-corrected chi connectivity index (χ2v) is 8.64. The van der Waals surface area contributed by atoms with Gasteiger partial charge < -0.3 is 5.32 Å². The lowest BCUT2D eigenvalue weighted by Gasteiger charge is -2.21. The molecule has 7 heteroatoms. The first kappa shape index (κ1) is 16.3. The summed E-state index contributed by atoms with van der Waals surface area (Å²) in [6.45, 7) is 6.32. The molecule has 1 heterocycles. The Labute approximate surface area is 129 Å². The Morgan fingerprint density at radius 2 is 2.10 bits per heavy atom. The van der Waals surface area contributed by atoms with Gasteiger partial charge in [0.05, 0.1) is 15.8 Å². The summed E-state index contributed by atoms with van der Waals surface area (Å²) in [6.07, 6.45) is 0.786. The summed E-state index contributed by atoms with van der Waals surface area (Å²) in [4.78, 5) is 12.7. The zero-order chi connectivity index (χ0) is 15.6. The number of carbonyl (C=O) groups is 1. The Hall–Kier alpha value is -1.05. The summed E-state index contributed by atoms with van der Waals surface area (Å²) in [7, 11) is -3.53. The van der Waals surface area contributed by atoms with Gasteiger partial charge in [-0.3, -0.25) is 4.79 Å². The van der Waals surface area contributed by atoms with Crippen LogP contribution in [-0.2, 0) is 14.8 Å². The van der Waals surface area contributed by atoms with Crippen LogP contribution in [0.5, 0.6) is 0 Å². The maximum atomic E-state index is 12.2. The van der Waals surface area contributed by atoms with Crippen LogP contribution in [0.2, 0.25) is 0 Å². The molecule has 1 aromatic carbocycles. The number of carbonyl (C=O) groups excluding carboxylic acids is 1. The highest BCUT2D eigenvalue weighted by atomic mass is 32.2. The minimum atomic E-state index is -3.53. The molecule has 5 nitrogen and oxygen atoms in total. The topological polar surface area (TPSA) is 75.3 Å². The number of nitrogens with one attached hydrogen (secondary N) is 2. The lowest BCUT2D eigenvalue weighted by atomic mass is 10.1. The van der Waals surface area contributed by atoms with Gasteiger partial charge in [-0.15, -0.1) is 11.8 Å². The number of hydrogen-bond donors (Lipinski definition) is 2. The Morgan fingerprint density at radius 1 is 1.38 bits per heavy atom. The van der Waals surface area contributed by atoms with Crippen LogP contribution < -0.4 is 10.0 Å². The van der Waals surface area contributed by atoms with Crippen molar-refractivity contribution in [2.75, 3.05) is 11.9 Å². The van der Waals surface area contributed by atoms with Crippen molar-refractivity contribution in [3.05, 3.63) is 18.2 Å². The first-order chi connectivity index (χ1) is 9.79. The van der Waals surface area contributed by atoms with E-state index in [0.29, 0.717) is 18.2 Å². The molecule has 0 saturated heterocycles. The highest BCUT2D eigenvalue weighted by Crippen LogP contribution is 2.36. The monoisotopic (exact) mass is 328 g/mol. The molecule has 1 amide bonds. The third-order valence-corrected chi connectivity index (χ3v) is 5.84. The van der Waals surface area contributed by atoms with Gasteiger partial charge in [-0.25, -0.2) is 13.1 Å². The van der Waals surface area contributed by atoms with Crippen LogP contribution in [0, 0.1) is 5.92 Å². The van der Waals surface area contributed by atoms with E-state index in [1.165, 1.54) is 17.8 Å². The zero-order valence-corrected chi connectivity index (χ0v) is 14.0. The second-order valence-electron chi connectivity index (χ2n) is 5.49. The van der Waals surface area contributed by atoms with Crippen LogP contribution in [-0.4, -0.2) is 26.1 Å². The van der Waals surface area contributed by atoms with Crippen LogP contribution in [0.15, 0.2) is 28.0 Å². The van der Waals surface area contributed by atoms with Gasteiger partial charge in [0.25, 0.3) is 0 Å². The highest BCUT2D eigenvalue weighted by molar-refractivity contribution is 8.01. The van der Waals surface area contributed by atoms with E-state index >= 15 is 0 Å². The van der Waals surface area contributed by atoms with Gasteiger partial charge in [-0.05, 0) is 37.5 Å². The van der Waals surface area contributed by atoms with E-state index in [1.54, 1.807) is 12.1 Å². The normalized spacial score (nSPS) is 18.5. The average Bonchev–Trinajstić information content (AvgIpc) is 2.38. The molecule has 0 aromatic heterocycles. The summed E-state index contributed by atoms with van der Waals surface area (Å²) < 4.78 is 27.0. The molecule has 1 aliphatic heterocycles. The second kappa shape index (κ2) is 6.37. The van der Waals surface area contributed by atoms with E-state index in [9.17, 15) is 13.2 Å². The molecule has 1 aliphatic rings. The van der Waals surface area contributed by atoms with Crippen molar-refractivity contribution in [2.45, 2.75) is 42.2 Å². The summed E-state index contributed by atoms with van der Waals surface area (Å²) in [5, 5.41) is 2.58. The maximum Gasteiger partial charge on any atom is 0.240 e. The number of hydrogen-bond acceptors (Lipinski definition) is 4. The fourth-order valence-electron chi connectivity index (χ4n) is 1.92. The van der Waals surface area contributed by atoms with Crippen molar-refractivity contribution in [1.82, 2.24) is 4.72 Å². The third kappa shape index (κ3) is 3.99. The Bertz CT molecular complexity index is 642. The molecule has 0 radical (unpaired) electrons. The molecule has 116 valence electrons. The van der Waals surface area contributed by atoms with Gasteiger partial charge in [0.15, 0.2) is 0 Å². The van der Waals surface area contributed by atoms with E-state index in [4.69, 9.17) is 0 Å². The summed E-state index contributed by atoms with van der Waals surface area (Å²) in [5.41, 5.74) is 0.565. The predicted molar refractivity (Wildman–Crippen MR) is 85.0 cm³/mol. The molecule has 0 saturated carbocycles. The Kier molecular flexibility index (Phi) is 4.95. The first-order valence-electron chi connectivity index (χ1n) is 6.91. The minimum Gasteiger partial charge on any atom is -0.324 e. The largest absolute Gasteiger partial charge is 0.324 e. The van der Waals surface area contributed by atoms with Crippen molar-refractivity contribution < 1.29 is 13.2 Å². The van der Waals surface area contributed by atoms with E-state index in [2.05, 4.69) is 10.0 Å². The molecule has 0 bridgehead atoms. The standard InChI is InChI=1S/C14H20N2O3S2/c1-9(2)6-7-15-21(18,19)11-4-5-13-12(8-11)16-14(17)10(3)20-13/h4-5,8-10,15H,6-7H2,1-3H3,(H,16,17). The van der Waals surface area contributed by atoms with Gasteiger partial charge in [-0.1, -0.05) is 13.8 Å². The van der Waals surface area contributed by atoms with Crippen LogP contribution in [0.25, 0.3) is 0 Å². The van der Waals surface area contributed by atoms with Crippen LogP contribution in [0.4, 0.5) is 5.69 Å². The maximum absolute atomic E-state index is 12.2. The summed E-state index contributed by atoms with van der Waals surface area (Å²) in [6, 6.07) is 4.84. The molecule has 1 atom stereocenters. The quantitative estimate of drug-likeness (QED) is 0.870.